The number of halogens is 2. The van der Waals surface area contributed by atoms with E-state index in [1.165, 1.54) is 0 Å². The molecule has 0 unspecified atom stereocenters. The van der Waals surface area contributed by atoms with Crippen LogP contribution in [0, 0.1) is 17.6 Å². The minimum absolute atomic E-state index is 0.00954. The smallest absolute Gasteiger partial charge is 0.239 e. The predicted octanol–water partition coefficient (Wildman–Crippen LogP) is 2.15. The van der Waals surface area contributed by atoms with Crippen molar-refractivity contribution in [2.24, 2.45) is 5.92 Å². The summed E-state index contributed by atoms with van der Waals surface area (Å²) in [7, 11) is 0. The van der Waals surface area contributed by atoms with E-state index in [4.69, 9.17) is 0 Å². The van der Waals surface area contributed by atoms with Crippen molar-refractivity contribution in [1.82, 2.24) is 5.32 Å². The zero-order chi connectivity index (χ0) is 12.8. The molecule has 0 aliphatic heterocycles. The first kappa shape index (κ1) is 13.4. The van der Waals surface area contributed by atoms with E-state index in [9.17, 15) is 13.6 Å². The molecule has 0 aromatic heterocycles. The van der Waals surface area contributed by atoms with Crippen LogP contribution in [0.5, 0.6) is 0 Å². The van der Waals surface area contributed by atoms with E-state index >= 15 is 0 Å². The maximum atomic E-state index is 13.2. The molecule has 5 heteroatoms. The predicted molar refractivity (Wildman–Crippen MR) is 62.7 cm³/mol. The van der Waals surface area contributed by atoms with Crippen molar-refractivity contribution in [2.45, 2.75) is 13.8 Å². The van der Waals surface area contributed by atoms with Crippen molar-refractivity contribution < 1.29 is 13.6 Å². The number of carbonyl (C=O) groups excluding carboxylic acids is 1. The fraction of sp³-hybridized carbons (Fsp3) is 0.417. The number of anilines is 1. The van der Waals surface area contributed by atoms with Gasteiger partial charge < -0.3 is 10.6 Å². The van der Waals surface area contributed by atoms with Gasteiger partial charge in [0.05, 0.1) is 12.2 Å². The largest absolute Gasteiger partial charge is 0.374 e. The maximum Gasteiger partial charge on any atom is 0.239 e. The van der Waals surface area contributed by atoms with Crippen molar-refractivity contribution in [1.29, 1.82) is 0 Å². The minimum Gasteiger partial charge on any atom is -0.374 e. The number of rotatable bonds is 5. The normalized spacial score (nSPS) is 10.4. The number of carbonyl (C=O) groups is 1. The van der Waals surface area contributed by atoms with Crippen molar-refractivity contribution in [2.75, 3.05) is 18.4 Å². The summed E-state index contributed by atoms with van der Waals surface area (Å²) in [5.41, 5.74) is -0.00954. The van der Waals surface area contributed by atoms with Gasteiger partial charge >= 0.3 is 0 Å². The number of benzene rings is 1. The van der Waals surface area contributed by atoms with Gasteiger partial charge in [0.25, 0.3) is 0 Å². The molecule has 3 nitrogen and oxygen atoms in total. The molecule has 0 spiro atoms. The standard InChI is InChI=1S/C12H16F2N2O/c1-8(2)6-16-12(17)7-15-11-5-9(13)3-4-10(11)14/h3-5,8,15H,6-7H2,1-2H3,(H,16,17). The molecule has 1 amide bonds. The Morgan fingerprint density at radius 3 is 2.71 bits per heavy atom. The lowest BCUT2D eigenvalue weighted by Crippen LogP contribution is -2.32. The molecule has 0 saturated heterocycles. The van der Waals surface area contributed by atoms with Gasteiger partial charge in [-0.2, -0.15) is 0 Å². The van der Waals surface area contributed by atoms with Gasteiger partial charge in [0, 0.05) is 6.54 Å². The second kappa shape index (κ2) is 6.18. The Kier molecular flexibility index (Phi) is 4.87. The van der Waals surface area contributed by atoms with E-state index in [0.717, 1.165) is 18.2 Å². The zero-order valence-corrected chi connectivity index (χ0v) is 9.89. The average Bonchev–Trinajstić information content (AvgIpc) is 2.27. The van der Waals surface area contributed by atoms with Crippen LogP contribution in [-0.4, -0.2) is 19.0 Å². The van der Waals surface area contributed by atoms with Crippen LogP contribution in [-0.2, 0) is 4.79 Å². The molecule has 0 aliphatic carbocycles. The van der Waals surface area contributed by atoms with E-state index < -0.39 is 11.6 Å². The Morgan fingerprint density at radius 2 is 2.06 bits per heavy atom. The number of hydrogen-bond donors (Lipinski definition) is 2. The van der Waals surface area contributed by atoms with Crippen molar-refractivity contribution >= 4 is 11.6 Å². The highest BCUT2D eigenvalue weighted by Gasteiger charge is 2.06. The highest BCUT2D eigenvalue weighted by atomic mass is 19.1. The molecule has 2 N–H and O–H groups in total. The first-order valence-corrected chi connectivity index (χ1v) is 5.44. The third kappa shape index (κ3) is 4.80. The van der Waals surface area contributed by atoms with Crippen LogP contribution in [0.1, 0.15) is 13.8 Å². The van der Waals surface area contributed by atoms with Gasteiger partial charge in [-0.1, -0.05) is 13.8 Å². The monoisotopic (exact) mass is 242 g/mol. The Balaban J connectivity index is 2.44. The fourth-order valence-electron chi connectivity index (χ4n) is 1.19. The quantitative estimate of drug-likeness (QED) is 0.830. The molecule has 0 atom stereocenters. The van der Waals surface area contributed by atoms with Crippen LogP contribution in [0.4, 0.5) is 14.5 Å². The minimum atomic E-state index is -0.581. The maximum absolute atomic E-state index is 13.2. The fourth-order valence-corrected chi connectivity index (χ4v) is 1.19. The van der Waals surface area contributed by atoms with Gasteiger partial charge in [-0.15, -0.1) is 0 Å². The van der Waals surface area contributed by atoms with Crippen LogP contribution >= 0.6 is 0 Å². The third-order valence-electron chi connectivity index (χ3n) is 2.08. The number of hydrogen-bond acceptors (Lipinski definition) is 2. The van der Waals surface area contributed by atoms with Gasteiger partial charge in [-0.25, -0.2) is 8.78 Å². The molecule has 1 aromatic rings. The van der Waals surface area contributed by atoms with E-state index in [0.29, 0.717) is 12.5 Å². The lowest BCUT2D eigenvalue weighted by Gasteiger charge is -2.10. The third-order valence-corrected chi connectivity index (χ3v) is 2.08. The lowest BCUT2D eigenvalue weighted by atomic mass is 10.2. The summed E-state index contributed by atoms with van der Waals surface area (Å²) in [6, 6.07) is 3.06. The van der Waals surface area contributed by atoms with Crippen molar-refractivity contribution in [3.63, 3.8) is 0 Å². The second-order valence-corrected chi connectivity index (χ2v) is 4.18. The summed E-state index contributed by atoms with van der Waals surface area (Å²) < 4.78 is 26.0. The van der Waals surface area contributed by atoms with Crippen LogP contribution in [0.3, 0.4) is 0 Å². The van der Waals surface area contributed by atoms with Gasteiger partial charge in [0.1, 0.15) is 11.6 Å². The molecule has 0 radical (unpaired) electrons. The van der Waals surface area contributed by atoms with Crippen LogP contribution < -0.4 is 10.6 Å². The van der Waals surface area contributed by atoms with Gasteiger partial charge in [0.15, 0.2) is 0 Å². The average molecular weight is 242 g/mol. The molecule has 1 aromatic carbocycles. The molecule has 17 heavy (non-hydrogen) atoms. The highest BCUT2D eigenvalue weighted by Crippen LogP contribution is 2.14. The van der Waals surface area contributed by atoms with E-state index in [1.807, 2.05) is 13.8 Å². The summed E-state index contributed by atoms with van der Waals surface area (Å²) >= 11 is 0. The van der Waals surface area contributed by atoms with Crippen molar-refractivity contribution in [3.05, 3.63) is 29.8 Å². The van der Waals surface area contributed by atoms with Crippen LogP contribution in [0.15, 0.2) is 18.2 Å². The van der Waals surface area contributed by atoms with Gasteiger partial charge in [-0.05, 0) is 24.1 Å². The molecule has 1 rings (SSSR count). The highest BCUT2D eigenvalue weighted by molar-refractivity contribution is 5.80. The van der Waals surface area contributed by atoms with Crippen LogP contribution in [0.2, 0.25) is 0 Å². The molecule has 0 aliphatic rings. The number of amides is 1. The summed E-state index contributed by atoms with van der Waals surface area (Å²) in [5, 5.41) is 5.22. The summed E-state index contributed by atoms with van der Waals surface area (Å²) in [5.74, 6) is -1.02. The SMILES string of the molecule is CC(C)CNC(=O)CNc1cc(F)ccc1F. The lowest BCUT2D eigenvalue weighted by molar-refractivity contribution is -0.119. The molecule has 0 fully saturated rings. The summed E-state index contributed by atoms with van der Waals surface area (Å²) in [4.78, 5) is 11.3. The summed E-state index contributed by atoms with van der Waals surface area (Å²) in [6.45, 7) is 4.43. The molecular weight excluding hydrogens is 226 g/mol. The Morgan fingerprint density at radius 1 is 1.35 bits per heavy atom. The topological polar surface area (TPSA) is 41.1 Å². The molecular formula is C12H16F2N2O. The molecule has 0 heterocycles. The van der Waals surface area contributed by atoms with Crippen molar-refractivity contribution in [3.8, 4) is 0 Å². The Labute approximate surface area is 99.2 Å². The van der Waals surface area contributed by atoms with Gasteiger partial charge in [-0.3, -0.25) is 4.79 Å². The first-order chi connectivity index (χ1) is 7.99. The molecule has 0 saturated carbocycles. The summed E-state index contributed by atoms with van der Waals surface area (Å²) in [6.07, 6.45) is 0. The Hall–Kier alpha value is -1.65. The van der Waals surface area contributed by atoms with Crippen LogP contribution in [0.25, 0.3) is 0 Å². The van der Waals surface area contributed by atoms with E-state index in [2.05, 4.69) is 10.6 Å². The first-order valence-electron chi connectivity index (χ1n) is 5.44. The van der Waals surface area contributed by atoms with E-state index in [-0.39, 0.29) is 18.1 Å². The molecule has 0 bridgehead atoms. The molecule has 94 valence electrons. The second-order valence-electron chi connectivity index (χ2n) is 4.18. The number of nitrogens with one attached hydrogen (secondary N) is 2. The zero-order valence-electron chi connectivity index (χ0n) is 9.89. The van der Waals surface area contributed by atoms with E-state index in [1.54, 1.807) is 0 Å². The Bertz CT molecular complexity index is 394. The van der Waals surface area contributed by atoms with Gasteiger partial charge in [0.2, 0.25) is 5.91 Å².